The second-order valence-electron chi connectivity index (χ2n) is 6.00. The van der Waals surface area contributed by atoms with Crippen molar-refractivity contribution < 1.29 is 13.0 Å². The number of halogens is 1. The van der Waals surface area contributed by atoms with Crippen LogP contribution in [-0.4, -0.2) is 30.7 Å². The monoisotopic (exact) mass is 426 g/mol. The molecule has 24 heavy (non-hydrogen) atoms. The first kappa shape index (κ1) is 17.4. The highest BCUT2D eigenvalue weighted by Crippen LogP contribution is 2.39. The maximum atomic E-state index is 13.0. The van der Waals surface area contributed by atoms with E-state index >= 15 is 0 Å². The van der Waals surface area contributed by atoms with Crippen LogP contribution >= 0.6 is 23.1 Å². The maximum absolute atomic E-state index is 13.0. The molecule has 126 valence electrons. The van der Waals surface area contributed by atoms with Crippen molar-refractivity contribution in [3.8, 4) is 0 Å². The van der Waals surface area contributed by atoms with Crippen molar-refractivity contribution in [2.75, 3.05) is 13.3 Å². The lowest BCUT2D eigenvalue weighted by Gasteiger charge is -2.07. The summed E-state index contributed by atoms with van der Waals surface area (Å²) in [6.45, 7) is 5.13. The van der Waals surface area contributed by atoms with E-state index in [1.54, 1.807) is 43.7 Å². The zero-order chi connectivity index (χ0) is 17.7. The third-order valence-corrected chi connectivity index (χ3v) is 7.33. The molecule has 0 amide bonds. The molecule has 3 aromatic rings. The Bertz CT molecular complexity index is 1080. The normalized spacial score (nSPS) is 12.7. The highest BCUT2D eigenvalue weighted by Gasteiger charge is 2.26. The quantitative estimate of drug-likeness (QED) is 0.600. The van der Waals surface area contributed by atoms with Crippen molar-refractivity contribution in [1.82, 2.24) is 8.96 Å². The van der Waals surface area contributed by atoms with Gasteiger partial charge in [0.1, 0.15) is 7.14 Å². The highest BCUT2D eigenvalue weighted by atomic mass is 79.9. The van der Waals surface area contributed by atoms with E-state index in [2.05, 4.69) is 20.9 Å². The summed E-state index contributed by atoms with van der Waals surface area (Å²) < 4.78 is 40.4. The number of aryl methyl sites for hydroxylation is 1. The van der Waals surface area contributed by atoms with E-state index in [0.717, 1.165) is 9.54 Å². The highest BCUT2D eigenvalue weighted by molar-refractivity contribution is 9.10. The van der Waals surface area contributed by atoms with Gasteiger partial charge in [0.05, 0.1) is 4.90 Å². The second kappa shape index (κ2) is 5.83. The summed E-state index contributed by atoms with van der Waals surface area (Å²) in [5.74, 6) is 0. The Hall–Kier alpha value is -1.43. The third kappa shape index (κ3) is 2.96. The summed E-state index contributed by atoms with van der Waals surface area (Å²) in [4.78, 5) is 4.41. The van der Waals surface area contributed by atoms with Crippen molar-refractivity contribution >= 4 is 49.4 Å². The molecule has 0 radical (unpaired) electrons. The van der Waals surface area contributed by atoms with Gasteiger partial charge >= 0.3 is 0 Å². The zero-order valence-corrected chi connectivity index (χ0v) is 16.7. The van der Waals surface area contributed by atoms with Gasteiger partial charge in [-0.15, -0.1) is 0 Å². The molecular weight excluding hydrogens is 411 g/mol. The molecule has 0 N–H and O–H groups in total. The van der Waals surface area contributed by atoms with E-state index in [0.29, 0.717) is 15.2 Å². The van der Waals surface area contributed by atoms with Gasteiger partial charge < -0.3 is 4.57 Å². The number of aromatic nitrogens is 2. The molecule has 0 unspecified atom stereocenters. The van der Waals surface area contributed by atoms with Crippen LogP contribution in [0.3, 0.4) is 0 Å². The Kier molecular flexibility index (Phi) is 4.22. The Balaban J connectivity index is 2.34. The number of rotatable bonds is 3. The van der Waals surface area contributed by atoms with E-state index in [9.17, 15) is 13.0 Å². The van der Waals surface area contributed by atoms with Gasteiger partial charge in [0, 0.05) is 27.6 Å². The lowest BCUT2D eigenvalue weighted by molar-refractivity contribution is 0.588. The molecule has 0 bridgehead atoms. The van der Waals surface area contributed by atoms with Crippen LogP contribution in [-0.2, 0) is 14.6 Å². The number of fused-ring (bicyclic) bond motifs is 1. The minimum absolute atomic E-state index is 0.170. The fraction of sp³-hybridized carbons (Fsp3) is 0.188. The number of hydrogen-bond acceptors (Lipinski definition) is 4. The minimum Gasteiger partial charge on any atom is -0.319 e. The predicted molar refractivity (Wildman–Crippen MR) is 100 cm³/mol. The number of nitrogens with zero attached hydrogens (tertiary/aromatic N) is 2. The smallest absolute Gasteiger partial charge is 0.269 e. The van der Waals surface area contributed by atoms with Crippen molar-refractivity contribution in [2.24, 2.45) is 0 Å². The molecule has 3 rings (SSSR count). The number of benzene rings is 1. The molecule has 0 aliphatic carbocycles. The van der Waals surface area contributed by atoms with Crippen LogP contribution in [0.25, 0.3) is 11.0 Å². The fourth-order valence-corrected chi connectivity index (χ4v) is 5.35. The molecular formula is C16H16BrN2O3PS. The summed E-state index contributed by atoms with van der Waals surface area (Å²) in [6, 6.07) is 8.36. The molecule has 0 saturated carbocycles. The van der Waals surface area contributed by atoms with Gasteiger partial charge in [-0.05, 0) is 54.4 Å². The molecule has 2 aromatic heterocycles. The van der Waals surface area contributed by atoms with Crippen LogP contribution in [0.5, 0.6) is 0 Å². The lowest BCUT2D eigenvalue weighted by atomic mass is 10.2. The van der Waals surface area contributed by atoms with Gasteiger partial charge in [0.25, 0.3) is 10.0 Å². The summed E-state index contributed by atoms with van der Waals surface area (Å²) in [5.41, 5.74) is 1.25. The summed E-state index contributed by atoms with van der Waals surface area (Å²) in [7, 11) is -6.49. The van der Waals surface area contributed by atoms with Gasteiger partial charge in [0.15, 0.2) is 5.65 Å². The standard InChI is InChI=1S/C16H16BrN2O3PS/c1-11-4-6-13(7-5-11)24(21,22)19-10-15(23(2,3)20)14-8-12(17)9-18-16(14)19/h4-10H,1-3H3. The van der Waals surface area contributed by atoms with Gasteiger partial charge in [-0.3, -0.25) is 0 Å². The van der Waals surface area contributed by atoms with E-state index in [1.165, 1.54) is 12.4 Å². The molecule has 0 spiro atoms. The van der Waals surface area contributed by atoms with E-state index in [4.69, 9.17) is 0 Å². The largest absolute Gasteiger partial charge is 0.319 e. The van der Waals surface area contributed by atoms with E-state index in [1.807, 2.05) is 6.92 Å². The van der Waals surface area contributed by atoms with Gasteiger partial charge in [-0.2, -0.15) is 0 Å². The number of pyridine rings is 1. The first-order chi connectivity index (χ1) is 11.1. The Morgan fingerprint density at radius 3 is 2.38 bits per heavy atom. The lowest BCUT2D eigenvalue weighted by Crippen LogP contribution is -2.13. The number of hydrogen-bond donors (Lipinski definition) is 0. The molecule has 0 aliphatic rings. The van der Waals surface area contributed by atoms with Crippen LogP contribution in [0.2, 0.25) is 0 Å². The second-order valence-corrected chi connectivity index (χ2v) is 11.9. The fourth-order valence-electron chi connectivity index (χ4n) is 2.47. The van der Waals surface area contributed by atoms with Crippen molar-refractivity contribution in [2.45, 2.75) is 11.8 Å². The summed E-state index contributed by atoms with van der Waals surface area (Å²) >= 11 is 3.34. The van der Waals surface area contributed by atoms with Crippen LogP contribution < -0.4 is 5.30 Å². The molecule has 8 heteroatoms. The van der Waals surface area contributed by atoms with Crippen molar-refractivity contribution in [3.63, 3.8) is 0 Å². The van der Waals surface area contributed by atoms with E-state index in [-0.39, 0.29) is 10.5 Å². The van der Waals surface area contributed by atoms with Crippen LogP contribution in [0, 0.1) is 6.92 Å². The summed E-state index contributed by atoms with van der Waals surface area (Å²) in [5, 5.41) is 1.08. The summed E-state index contributed by atoms with van der Waals surface area (Å²) in [6.07, 6.45) is 2.96. The minimum atomic E-state index is -3.82. The van der Waals surface area contributed by atoms with Crippen molar-refractivity contribution in [3.05, 3.63) is 52.8 Å². The first-order valence-electron chi connectivity index (χ1n) is 7.15. The zero-order valence-electron chi connectivity index (χ0n) is 13.4. The Morgan fingerprint density at radius 1 is 1.17 bits per heavy atom. The SMILES string of the molecule is Cc1ccc(S(=O)(=O)n2cc(P(C)(C)=O)c3cc(Br)cnc32)cc1. The maximum Gasteiger partial charge on any atom is 0.269 e. The van der Waals surface area contributed by atoms with Crippen LogP contribution in [0.1, 0.15) is 5.56 Å². The Morgan fingerprint density at radius 2 is 1.79 bits per heavy atom. The molecule has 2 heterocycles. The third-order valence-electron chi connectivity index (χ3n) is 3.72. The van der Waals surface area contributed by atoms with Gasteiger partial charge in [-0.25, -0.2) is 17.4 Å². The molecule has 1 aromatic carbocycles. The van der Waals surface area contributed by atoms with Gasteiger partial charge in [-0.1, -0.05) is 17.7 Å². The van der Waals surface area contributed by atoms with E-state index < -0.39 is 17.2 Å². The van der Waals surface area contributed by atoms with Crippen LogP contribution in [0.15, 0.2) is 52.1 Å². The molecule has 0 aliphatic heterocycles. The first-order valence-corrected chi connectivity index (χ1v) is 12.0. The topological polar surface area (TPSA) is 69.0 Å². The Labute approximate surface area is 149 Å². The predicted octanol–water partition coefficient (Wildman–Crippen LogP) is 3.59. The van der Waals surface area contributed by atoms with Crippen molar-refractivity contribution in [1.29, 1.82) is 0 Å². The van der Waals surface area contributed by atoms with Crippen LogP contribution in [0.4, 0.5) is 0 Å². The molecule has 0 atom stereocenters. The van der Waals surface area contributed by atoms with Gasteiger partial charge in [0.2, 0.25) is 0 Å². The average Bonchev–Trinajstić information content (AvgIpc) is 2.87. The average molecular weight is 427 g/mol. The molecule has 5 nitrogen and oxygen atoms in total. The molecule has 0 fully saturated rings. The molecule has 0 saturated heterocycles.